The molecule has 4 rings (SSSR count). The van der Waals surface area contributed by atoms with Gasteiger partial charge in [0.2, 0.25) is 0 Å². The van der Waals surface area contributed by atoms with Gasteiger partial charge in [-0.2, -0.15) is 13.2 Å². The first-order valence-electron chi connectivity index (χ1n) is 8.29. The number of alkyl halides is 3. The highest BCUT2D eigenvalue weighted by Crippen LogP contribution is 2.35. The van der Waals surface area contributed by atoms with Crippen LogP contribution in [-0.2, 0) is 19.3 Å². The van der Waals surface area contributed by atoms with Crippen LogP contribution in [-0.4, -0.2) is 16.1 Å². The molecule has 0 bridgehead atoms. The number of hydrogen-bond acceptors (Lipinski definition) is 5. The molecule has 28 heavy (non-hydrogen) atoms. The number of carbonyl (C=O) groups is 1. The zero-order valence-electron chi connectivity index (χ0n) is 14.3. The van der Waals surface area contributed by atoms with Crippen molar-refractivity contribution >= 4 is 22.4 Å². The molecule has 0 saturated carbocycles. The lowest BCUT2D eigenvalue weighted by molar-refractivity contribution is -0.137. The minimum Gasteiger partial charge on any atom is -0.339 e. The van der Waals surface area contributed by atoms with Crippen molar-refractivity contribution in [2.45, 2.75) is 19.3 Å². The molecular formula is C19H14F3N3O2S. The Bertz CT molecular complexity index is 1030. The van der Waals surface area contributed by atoms with Gasteiger partial charge in [-0.25, -0.2) is 10.5 Å². The fraction of sp³-hybridized carbons (Fsp3) is 0.158. The number of nitrogens with zero attached hydrogens (tertiary/aromatic N) is 2. The molecule has 3 aromatic rings. The molecule has 0 saturated heterocycles. The Labute approximate surface area is 162 Å². The molecule has 2 heterocycles. The lowest BCUT2D eigenvalue weighted by atomic mass is 10.1. The average molecular weight is 405 g/mol. The largest absolute Gasteiger partial charge is 0.416 e. The van der Waals surface area contributed by atoms with Crippen LogP contribution in [0, 0.1) is 0 Å². The summed E-state index contributed by atoms with van der Waals surface area (Å²) in [4.78, 5) is 18.1. The summed E-state index contributed by atoms with van der Waals surface area (Å²) in [7, 11) is 0. The highest BCUT2D eigenvalue weighted by molar-refractivity contribution is 7.14. The van der Waals surface area contributed by atoms with Gasteiger partial charge in [-0.3, -0.25) is 10.0 Å². The zero-order valence-corrected chi connectivity index (χ0v) is 15.1. The molecule has 1 aliphatic rings. The van der Waals surface area contributed by atoms with Crippen LogP contribution in [0.2, 0.25) is 0 Å². The minimum atomic E-state index is -4.36. The van der Waals surface area contributed by atoms with Crippen LogP contribution in [0.1, 0.15) is 27.0 Å². The number of anilines is 1. The molecule has 1 aliphatic heterocycles. The predicted molar refractivity (Wildman–Crippen MR) is 98.1 cm³/mol. The Morgan fingerprint density at radius 3 is 2.50 bits per heavy atom. The van der Waals surface area contributed by atoms with Gasteiger partial charge in [-0.15, -0.1) is 11.3 Å². The molecule has 1 aromatic heterocycles. The lowest BCUT2D eigenvalue weighted by Crippen LogP contribution is -2.18. The molecule has 0 fully saturated rings. The number of hydroxylamine groups is 1. The van der Waals surface area contributed by atoms with E-state index in [0.29, 0.717) is 29.9 Å². The number of hydrogen-bond donors (Lipinski definition) is 2. The van der Waals surface area contributed by atoms with Crippen molar-refractivity contribution in [3.05, 3.63) is 70.1 Å². The van der Waals surface area contributed by atoms with Gasteiger partial charge >= 0.3 is 6.18 Å². The second-order valence-corrected chi connectivity index (χ2v) is 7.21. The maximum Gasteiger partial charge on any atom is 0.416 e. The number of amides is 1. The Balaban J connectivity index is 1.53. The van der Waals surface area contributed by atoms with Gasteiger partial charge in [0.05, 0.1) is 11.3 Å². The zero-order chi connectivity index (χ0) is 19.9. The number of benzene rings is 2. The molecule has 2 aromatic carbocycles. The minimum absolute atomic E-state index is 0.368. The van der Waals surface area contributed by atoms with Gasteiger partial charge < -0.3 is 4.90 Å². The molecular weight excluding hydrogens is 391 g/mol. The number of aromatic nitrogens is 1. The highest BCUT2D eigenvalue weighted by atomic mass is 32.1. The Morgan fingerprint density at radius 2 is 1.82 bits per heavy atom. The van der Waals surface area contributed by atoms with Crippen molar-refractivity contribution in [1.29, 1.82) is 0 Å². The van der Waals surface area contributed by atoms with E-state index >= 15 is 0 Å². The molecule has 0 radical (unpaired) electrons. The second kappa shape index (κ2) is 6.92. The van der Waals surface area contributed by atoms with Crippen molar-refractivity contribution < 1.29 is 23.2 Å². The number of carbonyl (C=O) groups excluding carboxylic acids is 1. The number of halogens is 3. The SMILES string of the molecule is O=C(NO)c1ccc2c(c1)CN(c1nc(-c3ccc(C(F)(F)F)cc3)cs1)C2. The normalized spacial score (nSPS) is 13.5. The third kappa shape index (κ3) is 3.46. The van der Waals surface area contributed by atoms with Crippen molar-refractivity contribution in [2.75, 3.05) is 4.90 Å². The molecule has 9 heteroatoms. The quantitative estimate of drug-likeness (QED) is 0.499. The monoisotopic (exact) mass is 405 g/mol. The fourth-order valence-corrected chi connectivity index (χ4v) is 3.94. The first-order valence-corrected chi connectivity index (χ1v) is 9.17. The molecule has 0 unspecified atom stereocenters. The van der Waals surface area contributed by atoms with E-state index in [1.165, 1.54) is 23.5 Å². The topological polar surface area (TPSA) is 65.5 Å². The molecule has 1 amide bonds. The summed E-state index contributed by atoms with van der Waals surface area (Å²) >= 11 is 1.41. The second-order valence-electron chi connectivity index (χ2n) is 6.37. The van der Waals surface area contributed by atoms with Crippen LogP contribution >= 0.6 is 11.3 Å². The highest BCUT2D eigenvalue weighted by Gasteiger charge is 2.30. The van der Waals surface area contributed by atoms with Crippen molar-refractivity contribution in [2.24, 2.45) is 0 Å². The number of nitrogens with one attached hydrogen (secondary N) is 1. The summed E-state index contributed by atoms with van der Waals surface area (Å²) in [5, 5.41) is 11.3. The number of fused-ring (bicyclic) bond motifs is 1. The predicted octanol–water partition coefficient (Wildman–Crippen LogP) is 4.47. The Morgan fingerprint density at radius 1 is 1.11 bits per heavy atom. The van der Waals surface area contributed by atoms with E-state index in [-0.39, 0.29) is 0 Å². The van der Waals surface area contributed by atoms with E-state index in [1.54, 1.807) is 17.6 Å². The van der Waals surface area contributed by atoms with Gasteiger partial charge in [0.25, 0.3) is 5.91 Å². The van der Waals surface area contributed by atoms with E-state index < -0.39 is 17.6 Å². The summed E-state index contributed by atoms with van der Waals surface area (Å²) in [6, 6.07) is 10.1. The van der Waals surface area contributed by atoms with Crippen LogP contribution in [0.5, 0.6) is 0 Å². The molecule has 0 atom stereocenters. The van der Waals surface area contributed by atoms with Gasteiger partial charge in [0.1, 0.15) is 0 Å². The lowest BCUT2D eigenvalue weighted by Gasteiger charge is -2.13. The molecule has 0 spiro atoms. The summed E-state index contributed by atoms with van der Waals surface area (Å²) in [6.45, 7) is 1.18. The van der Waals surface area contributed by atoms with Crippen LogP contribution in [0.25, 0.3) is 11.3 Å². The van der Waals surface area contributed by atoms with Crippen LogP contribution in [0.3, 0.4) is 0 Å². The maximum absolute atomic E-state index is 12.7. The summed E-state index contributed by atoms with van der Waals surface area (Å²) in [5.41, 5.74) is 4.55. The van der Waals surface area contributed by atoms with E-state index in [9.17, 15) is 18.0 Å². The molecule has 5 nitrogen and oxygen atoms in total. The van der Waals surface area contributed by atoms with Gasteiger partial charge in [0.15, 0.2) is 5.13 Å². The first kappa shape index (κ1) is 18.5. The fourth-order valence-electron chi connectivity index (χ4n) is 3.11. The third-order valence-corrected chi connectivity index (χ3v) is 5.46. The molecule has 144 valence electrons. The van der Waals surface area contributed by atoms with E-state index in [2.05, 4.69) is 4.98 Å². The van der Waals surface area contributed by atoms with Crippen molar-refractivity contribution in [3.63, 3.8) is 0 Å². The number of rotatable bonds is 3. The Hall–Kier alpha value is -2.91. The van der Waals surface area contributed by atoms with Crippen LogP contribution in [0.15, 0.2) is 47.8 Å². The smallest absolute Gasteiger partial charge is 0.339 e. The van der Waals surface area contributed by atoms with Crippen molar-refractivity contribution in [3.8, 4) is 11.3 Å². The maximum atomic E-state index is 12.7. The van der Waals surface area contributed by atoms with E-state index in [1.807, 2.05) is 16.3 Å². The van der Waals surface area contributed by atoms with Crippen LogP contribution in [0.4, 0.5) is 18.3 Å². The van der Waals surface area contributed by atoms with E-state index in [4.69, 9.17) is 5.21 Å². The summed E-state index contributed by atoms with van der Waals surface area (Å²) < 4.78 is 38.1. The Kier molecular flexibility index (Phi) is 4.56. The molecule has 0 aliphatic carbocycles. The summed E-state index contributed by atoms with van der Waals surface area (Å²) in [5.74, 6) is -0.569. The van der Waals surface area contributed by atoms with Gasteiger partial charge in [0, 0.05) is 29.6 Å². The third-order valence-electron chi connectivity index (χ3n) is 4.56. The summed E-state index contributed by atoms with van der Waals surface area (Å²) in [6.07, 6.45) is -4.36. The van der Waals surface area contributed by atoms with Gasteiger partial charge in [-0.1, -0.05) is 18.2 Å². The first-order chi connectivity index (χ1) is 13.3. The standard InChI is InChI=1S/C19H14F3N3O2S/c20-19(21,22)15-5-3-11(4-6-15)16-10-28-18(23-16)25-8-13-2-1-12(17(26)24-27)7-14(13)9-25/h1-7,10,27H,8-9H2,(H,24,26). The molecule has 2 N–H and O–H groups in total. The van der Waals surface area contributed by atoms with Gasteiger partial charge in [-0.05, 0) is 35.4 Å². The van der Waals surface area contributed by atoms with Crippen LogP contribution < -0.4 is 10.4 Å². The van der Waals surface area contributed by atoms with Crippen molar-refractivity contribution in [1.82, 2.24) is 10.5 Å². The average Bonchev–Trinajstić information content (AvgIpc) is 3.33. The van der Waals surface area contributed by atoms with E-state index in [0.717, 1.165) is 28.4 Å². The number of thiazole rings is 1.